The van der Waals surface area contributed by atoms with Crippen LogP contribution in [0.25, 0.3) is 0 Å². The summed E-state index contributed by atoms with van der Waals surface area (Å²) in [6.45, 7) is 0. The predicted octanol–water partition coefficient (Wildman–Crippen LogP) is 0.590. The molecule has 22 heavy (non-hydrogen) atoms. The van der Waals surface area contributed by atoms with Crippen molar-refractivity contribution in [3.8, 4) is 5.75 Å². The van der Waals surface area contributed by atoms with Gasteiger partial charge in [-0.3, -0.25) is 9.59 Å². The van der Waals surface area contributed by atoms with Gasteiger partial charge in [-0.2, -0.15) is 0 Å². The van der Waals surface area contributed by atoms with Crippen molar-refractivity contribution in [2.75, 3.05) is 14.2 Å². The van der Waals surface area contributed by atoms with E-state index in [-0.39, 0.29) is 35.0 Å². The van der Waals surface area contributed by atoms with Crippen molar-refractivity contribution in [2.45, 2.75) is 24.9 Å². The molecule has 116 valence electrons. The Morgan fingerprint density at radius 1 is 1.36 bits per heavy atom. The maximum atomic E-state index is 12.7. The van der Waals surface area contributed by atoms with E-state index >= 15 is 0 Å². The summed E-state index contributed by atoms with van der Waals surface area (Å²) in [4.78, 5) is 37.9. The van der Waals surface area contributed by atoms with Gasteiger partial charge in [0.05, 0.1) is 19.2 Å². The number of rotatable bonds is 2. The Labute approximate surface area is 126 Å². The molecule has 3 aliphatic rings. The van der Waals surface area contributed by atoms with Crippen molar-refractivity contribution in [1.29, 1.82) is 0 Å². The smallest absolute Gasteiger partial charge is 0.341 e. The minimum absolute atomic E-state index is 0.0223. The van der Waals surface area contributed by atoms with E-state index in [0.717, 1.165) is 12.8 Å². The van der Waals surface area contributed by atoms with Gasteiger partial charge in [0.25, 0.3) is 5.91 Å². The normalized spacial score (nSPS) is 31.4. The Morgan fingerprint density at radius 3 is 2.73 bits per heavy atom. The largest absolute Gasteiger partial charge is 0.491 e. The summed E-state index contributed by atoms with van der Waals surface area (Å²) in [5.74, 6) is -0.666. The van der Waals surface area contributed by atoms with Crippen LogP contribution < -0.4 is 10.2 Å². The molecule has 2 saturated carbocycles. The molecule has 0 aromatic carbocycles. The van der Waals surface area contributed by atoms with Crippen molar-refractivity contribution in [3.63, 3.8) is 0 Å². The summed E-state index contributed by atoms with van der Waals surface area (Å²) in [5.41, 5.74) is -0.926. The quantitative estimate of drug-likeness (QED) is 0.864. The van der Waals surface area contributed by atoms with E-state index in [9.17, 15) is 19.5 Å². The first-order chi connectivity index (χ1) is 10.5. The molecule has 4 atom stereocenters. The number of pyridine rings is 1. The number of carbonyl (C=O) groups is 2. The minimum Gasteiger partial charge on any atom is -0.491 e. The van der Waals surface area contributed by atoms with E-state index in [1.807, 2.05) is 0 Å². The highest BCUT2D eigenvalue weighted by molar-refractivity contribution is 5.98. The summed E-state index contributed by atoms with van der Waals surface area (Å²) in [5, 5.41) is 9.24. The van der Waals surface area contributed by atoms with Crippen LogP contribution in [0.2, 0.25) is 0 Å². The van der Waals surface area contributed by atoms with Crippen LogP contribution >= 0.6 is 0 Å². The van der Waals surface area contributed by atoms with Crippen LogP contribution in [0.3, 0.4) is 0 Å². The maximum Gasteiger partial charge on any atom is 0.341 e. The number of hydrogen-bond donors (Lipinski definition) is 1. The lowest BCUT2D eigenvalue weighted by atomic mass is 9.99. The second kappa shape index (κ2) is 4.12. The van der Waals surface area contributed by atoms with Gasteiger partial charge in [0, 0.05) is 13.2 Å². The zero-order chi connectivity index (χ0) is 15.8. The molecule has 0 bridgehead atoms. The van der Waals surface area contributed by atoms with Gasteiger partial charge in [0.2, 0.25) is 5.43 Å². The fourth-order valence-corrected chi connectivity index (χ4v) is 4.24. The van der Waals surface area contributed by atoms with E-state index in [1.165, 1.54) is 13.3 Å². The number of amides is 1. The third-order valence-electron chi connectivity index (χ3n) is 5.31. The summed E-state index contributed by atoms with van der Waals surface area (Å²) >= 11 is 0. The molecule has 7 nitrogen and oxygen atoms in total. The van der Waals surface area contributed by atoms with Gasteiger partial charge in [0.1, 0.15) is 5.56 Å². The zero-order valence-corrected chi connectivity index (χ0v) is 12.3. The number of hydrogen-bond acceptors (Lipinski definition) is 4. The first kappa shape index (κ1) is 13.4. The number of nitrogens with zero attached hydrogens (tertiary/aromatic N) is 2. The molecule has 2 heterocycles. The Morgan fingerprint density at radius 2 is 2.09 bits per heavy atom. The average Bonchev–Trinajstić information content (AvgIpc) is 3.14. The first-order valence-electron chi connectivity index (χ1n) is 7.29. The topological polar surface area (TPSA) is 88.8 Å². The van der Waals surface area contributed by atoms with Crippen LogP contribution in [0.5, 0.6) is 5.75 Å². The third-order valence-corrected chi connectivity index (χ3v) is 5.31. The highest BCUT2D eigenvalue weighted by Gasteiger charge is 2.59. The van der Waals surface area contributed by atoms with Crippen molar-refractivity contribution < 1.29 is 19.4 Å². The molecule has 1 amide bonds. The Kier molecular flexibility index (Phi) is 2.50. The Hall–Kier alpha value is -2.31. The molecule has 0 spiro atoms. The molecule has 1 aromatic heterocycles. The number of fused-ring (bicyclic) bond motifs is 5. The van der Waals surface area contributed by atoms with Gasteiger partial charge in [-0.15, -0.1) is 0 Å². The lowest BCUT2D eigenvalue weighted by Gasteiger charge is -2.40. The lowest BCUT2D eigenvalue weighted by Crippen LogP contribution is -2.49. The van der Waals surface area contributed by atoms with E-state index in [0.29, 0.717) is 11.8 Å². The molecule has 2 aliphatic carbocycles. The summed E-state index contributed by atoms with van der Waals surface area (Å²) in [6.07, 6.45) is 3.35. The standard InChI is InChI=1S/C15H16N2O5/c1-16-10-7-3-6(7)4-9(10)17-5-8(15(20)21)12(18)13(22-2)11(17)14(16)19/h5-7,9-10H,3-4H2,1-2H3,(H,20,21)/t6-,7?,9-,10+/m0/s1. The van der Waals surface area contributed by atoms with Crippen molar-refractivity contribution in [3.05, 3.63) is 27.7 Å². The molecule has 1 N–H and O–H groups in total. The number of carboxylic acid groups (broad SMARTS) is 1. The van der Waals surface area contributed by atoms with Crippen LogP contribution in [0, 0.1) is 11.8 Å². The SMILES string of the molecule is COc1c2n(cc(C(=O)O)c1=O)[C@H]1C[C@@H]3CC3[C@H]1N(C)C2=O. The van der Waals surface area contributed by atoms with Crippen LogP contribution in [0.1, 0.15) is 39.7 Å². The number of methoxy groups -OCH3 is 1. The minimum atomic E-state index is -1.30. The molecule has 1 aromatic rings. The Bertz CT molecular complexity index is 768. The molecule has 4 rings (SSSR count). The van der Waals surface area contributed by atoms with Crippen molar-refractivity contribution >= 4 is 11.9 Å². The fourth-order valence-electron chi connectivity index (χ4n) is 4.24. The Balaban J connectivity index is 1.99. The second-order valence-electron chi connectivity index (χ2n) is 6.34. The maximum absolute atomic E-state index is 12.7. The van der Waals surface area contributed by atoms with Gasteiger partial charge in [-0.05, 0) is 24.7 Å². The lowest BCUT2D eigenvalue weighted by molar-refractivity contribution is 0.0575. The fraction of sp³-hybridized carbons (Fsp3) is 0.533. The number of carboxylic acids is 1. The first-order valence-corrected chi connectivity index (χ1v) is 7.29. The van der Waals surface area contributed by atoms with E-state index in [4.69, 9.17) is 4.74 Å². The molecule has 1 aliphatic heterocycles. The van der Waals surface area contributed by atoms with E-state index in [2.05, 4.69) is 0 Å². The monoisotopic (exact) mass is 304 g/mol. The summed E-state index contributed by atoms with van der Waals surface area (Å²) in [7, 11) is 3.04. The summed E-state index contributed by atoms with van der Waals surface area (Å²) < 4.78 is 6.76. The predicted molar refractivity (Wildman–Crippen MR) is 75.3 cm³/mol. The summed E-state index contributed by atoms with van der Waals surface area (Å²) in [6, 6.07) is 0.105. The number of likely N-dealkylation sites (N-methyl/N-ethyl adjacent to an activating group) is 1. The van der Waals surface area contributed by atoms with E-state index in [1.54, 1.807) is 16.5 Å². The van der Waals surface area contributed by atoms with Gasteiger partial charge in [-0.1, -0.05) is 0 Å². The molecular weight excluding hydrogens is 288 g/mol. The van der Waals surface area contributed by atoms with Crippen molar-refractivity contribution in [2.24, 2.45) is 11.8 Å². The number of aromatic nitrogens is 1. The van der Waals surface area contributed by atoms with E-state index < -0.39 is 11.4 Å². The molecule has 0 saturated heterocycles. The van der Waals surface area contributed by atoms with Crippen molar-refractivity contribution in [1.82, 2.24) is 9.47 Å². The molecular formula is C15H16N2O5. The zero-order valence-electron chi connectivity index (χ0n) is 12.3. The van der Waals surface area contributed by atoms with Gasteiger partial charge in [-0.25, -0.2) is 4.79 Å². The van der Waals surface area contributed by atoms with Crippen LogP contribution in [0.4, 0.5) is 0 Å². The number of aromatic carboxylic acids is 1. The highest BCUT2D eigenvalue weighted by Crippen LogP contribution is 2.59. The second-order valence-corrected chi connectivity index (χ2v) is 6.34. The van der Waals surface area contributed by atoms with Gasteiger partial charge >= 0.3 is 5.97 Å². The van der Waals surface area contributed by atoms with Crippen LogP contribution in [-0.4, -0.2) is 46.6 Å². The van der Waals surface area contributed by atoms with Gasteiger partial charge in [0.15, 0.2) is 11.4 Å². The molecule has 7 heteroatoms. The molecule has 1 unspecified atom stereocenters. The molecule has 2 fully saturated rings. The van der Waals surface area contributed by atoms with Gasteiger partial charge < -0.3 is 19.3 Å². The molecule has 0 radical (unpaired) electrons. The third kappa shape index (κ3) is 1.48. The number of carbonyl (C=O) groups excluding carboxylic acids is 1. The number of ether oxygens (including phenoxy) is 1. The average molecular weight is 304 g/mol. The van der Waals surface area contributed by atoms with Crippen LogP contribution in [-0.2, 0) is 0 Å². The highest BCUT2D eigenvalue weighted by atomic mass is 16.5. The van der Waals surface area contributed by atoms with Crippen LogP contribution in [0.15, 0.2) is 11.0 Å².